The number of fused-ring (bicyclic) bond motifs is 2. The SMILES string of the molecule is CCOc1ccc(-c2nc3sc(=C4C(=O)N(CC(=O)O)c5ccccc54)c(=O)n3n2)cc1. The minimum atomic E-state index is -1.14. The van der Waals surface area contributed by atoms with E-state index in [4.69, 9.17) is 4.74 Å². The van der Waals surface area contributed by atoms with Crippen molar-refractivity contribution in [1.29, 1.82) is 0 Å². The van der Waals surface area contributed by atoms with Gasteiger partial charge in [-0.2, -0.15) is 9.50 Å². The molecule has 0 saturated carbocycles. The highest BCUT2D eigenvalue weighted by Crippen LogP contribution is 2.35. The fourth-order valence-corrected chi connectivity index (χ4v) is 4.66. The van der Waals surface area contributed by atoms with Gasteiger partial charge in [-0.15, -0.1) is 5.10 Å². The van der Waals surface area contributed by atoms with Crippen LogP contribution in [0, 0.1) is 0 Å². The molecule has 1 aliphatic rings. The normalized spacial score (nSPS) is 14.8. The monoisotopic (exact) mass is 448 g/mol. The van der Waals surface area contributed by atoms with E-state index < -0.39 is 24.0 Å². The Balaban J connectivity index is 1.63. The van der Waals surface area contributed by atoms with Crippen molar-refractivity contribution in [1.82, 2.24) is 14.6 Å². The number of anilines is 1. The molecule has 0 unspecified atom stereocenters. The van der Waals surface area contributed by atoms with Crippen LogP contribution in [0.5, 0.6) is 5.75 Å². The van der Waals surface area contributed by atoms with Crippen LogP contribution in [0.1, 0.15) is 12.5 Å². The van der Waals surface area contributed by atoms with E-state index in [1.165, 1.54) is 4.52 Å². The second-order valence-corrected chi connectivity index (χ2v) is 7.98. The predicted octanol–water partition coefficient (Wildman–Crippen LogP) is 1.57. The van der Waals surface area contributed by atoms with Gasteiger partial charge in [0, 0.05) is 11.1 Å². The fourth-order valence-electron chi connectivity index (χ4n) is 3.67. The van der Waals surface area contributed by atoms with Crippen molar-refractivity contribution in [3.63, 3.8) is 0 Å². The zero-order valence-corrected chi connectivity index (χ0v) is 17.6. The van der Waals surface area contributed by atoms with Crippen molar-refractivity contribution >= 4 is 39.4 Å². The van der Waals surface area contributed by atoms with Gasteiger partial charge in [-0.3, -0.25) is 19.3 Å². The van der Waals surface area contributed by atoms with Gasteiger partial charge in [0.05, 0.1) is 17.9 Å². The summed E-state index contributed by atoms with van der Waals surface area (Å²) in [5, 5.41) is 13.5. The first kappa shape index (κ1) is 19.9. The molecule has 2 aromatic heterocycles. The van der Waals surface area contributed by atoms with E-state index in [-0.39, 0.29) is 10.1 Å². The van der Waals surface area contributed by atoms with Gasteiger partial charge in [0.15, 0.2) is 5.82 Å². The molecule has 0 bridgehead atoms. The van der Waals surface area contributed by atoms with Crippen LogP contribution in [-0.4, -0.2) is 44.7 Å². The summed E-state index contributed by atoms with van der Waals surface area (Å²) in [6.07, 6.45) is 0. The number of carboxylic acid groups (broad SMARTS) is 1. The van der Waals surface area contributed by atoms with E-state index in [1.807, 2.05) is 19.1 Å². The van der Waals surface area contributed by atoms with Crippen molar-refractivity contribution in [3.8, 4) is 17.1 Å². The molecule has 10 heteroatoms. The number of amides is 1. The van der Waals surface area contributed by atoms with Crippen LogP contribution in [0.25, 0.3) is 21.9 Å². The van der Waals surface area contributed by atoms with Gasteiger partial charge in [0.2, 0.25) is 4.96 Å². The summed E-state index contributed by atoms with van der Waals surface area (Å²) in [6, 6.07) is 14.0. The maximum Gasteiger partial charge on any atom is 0.323 e. The van der Waals surface area contributed by atoms with Crippen molar-refractivity contribution < 1.29 is 19.4 Å². The molecule has 3 heterocycles. The lowest BCUT2D eigenvalue weighted by Crippen LogP contribution is -2.35. The van der Waals surface area contributed by atoms with Gasteiger partial charge in [-0.1, -0.05) is 29.5 Å². The molecule has 32 heavy (non-hydrogen) atoms. The predicted molar refractivity (Wildman–Crippen MR) is 118 cm³/mol. The summed E-state index contributed by atoms with van der Waals surface area (Å²) in [4.78, 5) is 43.4. The van der Waals surface area contributed by atoms with E-state index in [2.05, 4.69) is 10.1 Å². The Morgan fingerprint density at radius 1 is 1.12 bits per heavy atom. The fraction of sp³-hybridized carbons (Fsp3) is 0.136. The average molecular weight is 448 g/mol. The molecule has 0 fully saturated rings. The topological polar surface area (TPSA) is 114 Å². The lowest BCUT2D eigenvalue weighted by molar-refractivity contribution is -0.136. The first-order chi connectivity index (χ1) is 15.5. The number of aliphatic carboxylic acids is 1. The number of carboxylic acids is 1. The maximum absolute atomic E-state index is 13.1. The van der Waals surface area contributed by atoms with Crippen molar-refractivity contribution in [2.24, 2.45) is 0 Å². The molecule has 5 rings (SSSR count). The minimum Gasteiger partial charge on any atom is -0.494 e. The number of para-hydroxylation sites is 1. The third kappa shape index (κ3) is 3.12. The third-order valence-corrected chi connectivity index (χ3v) is 6.05. The maximum atomic E-state index is 13.1. The number of carbonyl (C=O) groups excluding carboxylic acids is 1. The van der Waals surface area contributed by atoms with Crippen LogP contribution < -0.4 is 19.7 Å². The summed E-state index contributed by atoms with van der Waals surface area (Å²) in [7, 11) is 0. The lowest BCUT2D eigenvalue weighted by Gasteiger charge is -2.13. The Morgan fingerprint density at radius 2 is 1.88 bits per heavy atom. The largest absolute Gasteiger partial charge is 0.494 e. The molecular weight excluding hydrogens is 432 g/mol. The average Bonchev–Trinajstić information content (AvgIpc) is 3.41. The van der Waals surface area contributed by atoms with E-state index in [9.17, 15) is 19.5 Å². The molecule has 0 aliphatic carbocycles. The lowest BCUT2D eigenvalue weighted by atomic mass is 10.1. The van der Waals surface area contributed by atoms with E-state index in [1.54, 1.807) is 36.4 Å². The zero-order chi connectivity index (χ0) is 22.4. The first-order valence-electron chi connectivity index (χ1n) is 9.78. The van der Waals surface area contributed by atoms with Crippen LogP contribution in [-0.2, 0) is 9.59 Å². The second kappa shape index (κ2) is 7.57. The zero-order valence-electron chi connectivity index (χ0n) is 16.8. The van der Waals surface area contributed by atoms with Gasteiger partial charge < -0.3 is 9.84 Å². The van der Waals surface area contributed by atoms with Crippen LogP contribution in [0.15, 0.2) is 53.3 Å². The highest BCUT2D eigenvalue weighted by atomic mass is 32.1. The molecule has 160 valence electrons. The number of benzene rings is 2. The standard InChI is InChI=1S/C22H16N4O5S/c1-2-31-13-9-7-12(8-10-13)19-23-22-26(24-19)21(30)18(32-22)17-14-5-3-4-6-15(14)25(20(17)29)11-16(27)28/h3-10H,2,11H2,1H3,(H,27,28). The molecule has 1 N–H and O–H groups in total. The van der Waals surface area contributed by atoms with Crippen molar-refractivity contribution in [2.45, 2.75) is 6.92 Å². The quantitative estimate of drug-likeness (QED) is 0.493. The number of thiazole rings is 1. The number of rotatable bonds is 5. The smallest absolute Gasteiger partial charge is 0.323 e. The van der Waals surface area contributed by atoms with Crippen LogP contribution in [0.2, 0.25) is 0 Å². The van der Waals surface area contributed by atoms with Crippen molar-refractivity contribution in [2.75, 3.05) is 18.1 Å². The number of carbonyl (C=O) groups is 2. The molecule has 0 radical (unpaired) electrons. The number of ether oxygens (including phenoxy) is 1. The van der Waals surface area contributed by atoms with Gasteiger partial charge in [0.25, 0.3) is 11.5 Å². The van der Waals surface area contributed by atoms with Gasteiger partial charge >= 0.3 is 5.97 Å². The number of nitrogens with zero attached hydrogens (tertiary/aromatic N) is 4. The van der Waals surface area contributed by atoms with Crippen LogP contribution in [0.3, 0.4) is 0 Å². The molecule has 0 spiro atoms. The summed E-state index contributed by atoms with van der Waals surface area (Å²) >= 11 is 1.06. The number of hydrogen-bond acceptors (Lipinski definition) is 7. The Morgan fingerprint density at radius 3 is 2.56 bits per heavy atom. The van der Waals surface area contributed by atoms with Crippen LogP contribution in [0.4, 0.5) is 5.69 Å². The number of hydrogen-bond donors (Lipinski definition) is 1. The molecule has 0 atom stereocenters. The molecule has 0 saturated heterocycles. The van der Waals surface area contributed by atoms with Gasteiger partial charge in [0.1, 0.15) is 16.8 Å². The Labute approximate surface area is 184 Å². The summed E-state index contributed by atoms with van der Waals surface area (Å²) < 4.78 is 6.79. The van der Waals surface area contributed by atoms with E-state index in [0.29, 0.717) is 28.6 Å². The molecule has 2 aromatic carbocycles. The van der Waals surface area contributed by atoms with E-state index >= 15 is 0 Å². The van der Waals surface area contributed by atoms with Crippen molar-refractivity contribution in [3.05, 3.63) is 69.0 Å². The Bertz CT molecular complexity index is 1490. The molecule has 9 nitrogen and oxygen atoms in total. The minimum absolute atomic E-state index is 0.173. The van der Waals surface area contributed by atoms with Crippen LogP contribution >= 0.6 is 11.3 Å². The summed E-state index contributed by atoms with van der Waals surface area (Å²) in [6.45, 7) is 1.97. The second-order valence-electron chi connectivity index (χ2n) is 7.00. The highest BCUT2D eigenvalue weighted by Gasteiger charge is 2.35. The molecule has 4 aromatic rings. The number of aromatic nitrogens is 3. The summed E-state index contributed by atoms with van der Waals surface area (Å²) in [5.74, 6) is -0.551. The summed E-state index contributed by atoms with van der Waals surface area (Å²) in [5.41, 5.74) is 1.42. The Kier molecular flexibility index (Phi) is 4.71. The first-order valence-corrected chi connectivity index (χ1v) is 10.6. The molecule has 1 aliphatic heterocycles. The third-order valence-electron chi connectivity index (χ3n) is 5.02. The molecular formula is C22H16N4O5S. The van der Waals surface area contributed by atoms with Gasteiger partial charge in [-0.25, -0.2) is 0 Å². The Hall–Kier alpha value is -4.05. The van der Waals surface area contributed by atoms with Gasteiger partial charge in [-0.05, 0) is 37.3 Å². The highest BCUT2D eigenvalue weighted by molar-refractivity contribution is 7.15. The molecule has 1 amide bonds. The van der Waals surface area contributed by atoms with E-state index in [0.717, 1.165) is 27.5 Å².